The van der Waals surface area contributed by atoms with Gasteiger partial charge in [-0.1, -0.05) is 18.2 Å². The molecular formula is C25H19F3N4O3. The summed E-state index contributed by atoms with van der Waals surface area (Å²) in [6.45, 7) is -2.69. The summed E-state index contributed by atoms with van der Waals surface area (Å²) in [6.07, 6.45) is 3.85. The fraction of sp³-hybridized carbons (Fsp3) is 0.320. The molecule has 2 aliphatic heterocycles. The van der Waals surface area contributed by atoms with Crippen LogP contribution in [0.5, 0.6) is 5.75 Å². The fourth-order valence-corrected chi connectivity index (χ4v) is 5.39. The van der Waals surface area contributed by atoms with E-state index in [9.17, 15) is 13.9 Å². The molecule has 0 amide bonds. The first-order valence-corrected chi connectivity index (χ1v) is 11.3. The molecule has 35 heavy (non-hydrogen) atoms. The van der Waals surface area contributed by atoms with Crippen molar-refractivity contribution in [1.82, 2.24) is 19.5 Å². The van der Waals surface area contributed by atoms with Crippen molar-refractivity contribution in [3.8, 4) is 16.9 Å². The summed E-state index contributed by atoms with van der Waals surface area (Å²) in [5, 5.41) is 10.4. The van der Waals surface area contributed by atoms with Crippen LogP contribution < -0.4 is 4.74 Å². The third-order valence-electron chi connectivity index (χ3n) is 7.18. The number of alkyl halides is 2. The topological polar surface area (TPSA) is 82.3 Å². The minimum Gasteiger partial charge on any atom is -0.434 e. The molecule has 2 fully saturated rings. The van der Waals surface area contributed by atoms with E-state index >= 15 is 4.39 Å². The van der Waals surface area contributed by atoms with E-state index in [1.807, 2.05) is 4.57 Å². The van der Waals surface area contributed by atoms with Crippen LogP contribution in [-0.2, 0) is 10.3 Å². The average Bonchev–Trinajstić information content (AvgIpc) is 3.43. The Labute approximate surface area is 197 Å². The minimum atomic E-state index is -2.93. The number of benzene rings is 2. The lowest BCUT2D eigenvalue weighted by Gasteiger charge is -2.34. The number of nitrogens with zero attached hydrogens (tertiary/aromatic N) is 4. The number of hydrogen-bond acceptors (Lipinski definition) is 6. The lowest BCUT2D eigenvalue weighted by atomic mass is 10.0. The second-order valence-electron chi connectivity index (χ2n) is 9.35. The number of aliphatic hydroxyl groups is 1. The summed E-state index contributed by atoms with van der Waals surface area (Å²) in [7, 11) is 0. The van der Waals surface area contributed by atoms with Crippen LogP contribution in [0.4, 0.5) is 13.2 Å². The van der Waals surface area contributed by atoms with Crippen LogP contribution in [-0.4, -0.2) is 44.5 Å². The Morgan fingerprint density at radius 1 is 1.14 bits per heavy atom. The average molecular weight is 480 g/mol. The summed E-state index contributed by atoms with van der Waals surface area (Å²) in [4.78, 5) is 13.2. The zero-order chi connectivity index (χ0) is 23.9. The highest BCUT2D eigenvalue weighted by Gasteiger charge is 2.55. The van der Waals surface area contributed by atoms with Gasteiger partial charge in [0.25, 0.3) is 0 Å². The molecule has 1 unspecified atom stereocenters. The van der Waals surface area contributed by atoms with Crippen LogP contribution in [0.3, 0.4) is 0 Å². The highest BCUT2D eigenvalue weighted by molar-refractivity contribution is 5.84. The van der Waals surface area contributed by atoms with Gasteiger partial charge < -0.3 is 19.1 Å². The SMILES string of the molecule is OC1(c2ncc(-c3cc4c(cc3F)nc3n4[C@@H](c4ccccc4OC(F)F)C4C[C@@H]34)cn2)COC1. The molecule has 1 N–H and O–H groups in total. The Morgan fingerprint density at radius 3 is 2.63 bits per heavy atom. The molecule has 7 rings (SSSR count). The van der Waals surface area contributed by atoms with E-state index < -0.39 is 18.0 Å². The first-order chi connectivity index (χ1) is 16.9. The second-order valence-corrected chi connectivity index (χ2v) is 9.35. The molecule has 10 heteroatoms. The summed E-state index contributed by atoms with van der Waals surface area (Å²) in [5.41, 5.74) is 1.40. The largest absolute Gasteiger partial charge is 0.434 e. The molecule has 178 valence electrons. The molecule has 7 nitrogen and oxygen atoms in total. The summed E-state index contributed by atoms with van der Waals surface area (Å²) in [6, 6.07) is 9.65. The molecule has 0 radical (unpaired) electrons. The zero-order valence-electron chi connectivity index (χ0n) is 18.2. The van der Waals surface area contributed by atoms with Crippen LogP contribution in [0.1, 0.15) is 35.6 Å². The number of para-hydroxylation sites is 1. The van der Waals surface area contributed by atoms with Crippen molar-refractivity contribution in [3.63, 3.8) is 0 Å². The Balaban J connectivity index is 1.33. The highest BCUT2D eigenvalue weighted by atomic mass is 19.3. The standard InChI is InChI=1S/C25H19F3N4O3/c26-17-7-18-19(6-14(17)12-8-29-23(30-9-12)25(33)10-34-11-25)32-21(15-5-16(15)22(32)31-18)13-3-1-2-4-20(13)35-24(27)28/h1-4,6-9,15-16,21,24,33H,5,10-11H2/t15?,16-,21+/m1/s1. The van der Waals surface area contributed by atoms with Crippen molar-refractivity contribution in [2.45, 2.75) is 30.6 Å². The van der Waals surface area contributed by atoms with E-state index in [1.54, 1.807) is 30.3 Å². The van der Waals surface area contributed by atoms with E-state index in [-0.39, 0.29) is 42.7 Å². The number of aromatic nitrogens is 4. The first-order valence-electron chi connectivity index (χ1n) is 11.3. The predicted octanol–water partition coefficient (Wildman–Crippen LogP) is 4.16. The van der Waals surface area contributed by atoms with Gasteiger partial charge in [0.15, 0.2) is 11.4 Å². The normalized spacial score (nSPS) is 23.7. The van der Waals surface area contributed by atoms with Gasteiger partial charge in [-0.05, 0) is 24.5 Å². The quantitative estimate of drug-likeness (QED) is 0.462. The minimum absolute atomic E-state index is 0.120. The third kappa shape index (κ3) is 3.09. The Hall–Kier alpha value is -3.50. The Bertz CT molecular complexity index is 1470. The highest BCUT2D eigenvalue weighted by Crippen LogP contribution is 2.63. The van der Waals surface area contributed by atoms with Gasteiger partial charge in [-0.15, -0.1) is 0 Å². The summed E-state index contributed by atoms with van der Waals surface area (Å²) >= 11 is 0. The van der Waals surface area contributed by atoms with Gasteiger partial charge in [-0.25, -0.2) is 19.3 Å². The number of ether oxygens (including phenoxy) is 2. The number of rotatable bonds is 5. The molecule has 2 aromatic heterocycles. The van der Waals surface area contributed by atoms with Gasteiger partial charge in [0, 0.05) is 41.1 Å². The molecule has 0 bridgehead atoms. The fourth-order valence-electron chi connectivity index (χ4n) is 5.39. The van der Waals surface area contributed by atoms with Gasteiger partial charge in [0.1, 0.15) is 17.4 Å². The first kappa shape index (κ1) is 20.8. The number of imidazole rings is 1. The molecule has 0 spiro atoms. The molecule has 2 aromatic carbocycles. The van der Waals surface area contributed by atoms with Gasteiger partial charge in [0.05, 0.1) is 30.3 Å². The molecule has 1 aliphatic carbocycles. The maximum atomic E-state index is 15.1. The molecule has 3 aliphatic rings. The Kier molecular flexibility index (Phi) is 4.32. The number of hydrogen-bond donors (Lipinski definition) is 1. The molecule has 4 heterocycles. The van der Waals surface area contributed by atoms with Crippen LogP contribution in [0, 0.1) is 11.7 Å². The van der Waals surface area contributed by atoms with E-state index in [2.05, 4.69) is 9.97 Å². The lowest BCUT2D eigenvalue weighted by Crippen LogP contribution is -2.47. The molecule has 4 aromatic rings. The Morgan fingerprint density at radius 2 is 1.91 bits per heavy atom. The van der Waals surface area contributed by atoms with Crippen molar-refractivity contribution in [1.29, 1.82) is 0 Å². The van der Waals surface area contributed by atoms with Crippen LogP contribution in [0.25, 0.3) is 22.2 Å². The second kappa shape index (κ2) is 7.25. The maximum absolute atomic E-state index is 15.1. The molecular weight excluding hydrogens is 461 g/mol. The van der Waals surface area contributed by atoms with Crippen molar-refractivity contribution in [2.24, 2.45) is 5.92 Å². The maximum Gasteiger partial charge on any atom is 0.387 e. The van der Waals surface area contributed by atoms with E-state index in [0.717, 1.165) is 12.2 Å². The van der Waals surface area contributed by atoms with Crippen molar-refractivity contribution >= 4 is 11.0 Å². The van der Waals surface area contributed by atoms with E-state index in [4.69, 9.17) is 14.5 Å². The van der Waals surface area contributed by atoms with Crippen molar-refractivity contribution < 1.29 is 27.8 Å². The molecule has 3 atom stereocenters. The predicted molar refractivity (Wildman–Crippen MR) is 117 cm³/mol. The van der Waals surface area contributed by atoms with Gasteiger partial charge in [-0.3, -0.25) is 0 Å². The lowest BCUT2D eigenvalue weighted by molar-refractivity contribution is -0.189. The zero-order valence-corrected chi connectivity index (χ0v) is 18.2. The van der Waals surface area contributed by atoms with Crippen LogP contribution in [0.2, 0.25) is 0 Å². The number of halogens is 3. The van der Waals surface area contributed by atoms with E-state index in [0.29, 0.717) is 27.7 Å². The summed E-state index contributed by atoms with van der Waals surface area (Å²) in [5.74, 6) is 1.16. The molecule has 1 saturated carbocycles. The number of fused-ring (bicyclic) bond motifs is 5. The smallest absolute Gasteiger partial charge is 0.387 e. The van der Waals surface area contributed by atoms with Crippen LogP contribution in [0.15, 0.2) is 48.8 Å². The van der Waals surface area contributed by atoms with Gasteiger partial charge >= 0.3 is 6.61 Å². The van der Waals surface area contributed by atoms with Gasteiger partial charge in [-0.2, -0.15) is 8.78 Å². The molecule has 1 saturated heterocycles. The monoisotopic (exact) mass is 480 g/mol. The van der Waals surface area contributed by atoms with Crippen molar-refractivity contribution in [3.05, 3.63) is 71.8 Å². The third-order valence-corrected chi connectivity index (χ3v) is 7.18. The summed E-state index contributed by atoms with van der Waals surface area (Å²) < 4.78 is 53.2. The van der Waals surface area contributed by atoms with Gasteiger partial charge in [0.2, 0.25) is 0 Å². The van der Waals surface area contributed by atoms with Crippen molar-refractivity contribution in [2.75, 3.05) is 13.2 Å². The van der Waals surface area contributed by atoms with Crippen LogP contribution >= 0.6 is 0 Å². The van der Waals surface area contributed by atoms with E-state index in [1.165, 1.54) is 18.5 Å².